The Morgan fingerprint density at radius 3 is 2.45 bits per heavy atom. The predicted molar refractivity (Wildman–Crippen MR) is 82.2 cm³/mol. The molecule has 0 spiro atoms. The minimum Gasteiger partial charge on any atom is -0.478 e. The van der Waals surface area contributed by atoms with Crippen LogP contribution >= 0.6 is 15.9 Å². The molecule has 1 heterocycles. The van der Waals surface area contributed by atoms with Gasteiger partial charge in [-0.2, -0.15) is 0 Å². The summed E-state index contributed by atoms with van der Waals surface area (Å²) in [7, 11) is 1.93. The molecule has 1 aromatic heterocycles. The van der Waals surface area contributed by atoms with Gasteiger partial charge in [-0.15, -0.1) is 0 Å². The summed E-state index contributed by atoms with van der Waals surface area (Å²) < 4.78 is 1.05. The van der Waals surface area contributed by atoms with Crippen LogP contribution in [0.4, 0.5) is 5.82 Å². The van der Waals surface area contributed by atoms with Crippen LogP contribution in [0.25, 0.3) is 0 Å². The number of halogens is 1. The molecule has 0 radical (unpaired) electrons. The van der Waals surface area contributed by atoms with Crippen LogP contribution in [0, 0.1) is 6.92 Å². The summed E-state index contributed by atoms with van der Waals surface area (Å²) >= 11 is 3.41. The second-order valence-corrected chi connectivity index (χ2v) is 5.51. The fourth-order valence-electron chi connectivity index (χ4n) is 1.93. The van der Waals surface area contributed by atoms with Crippen molar-refractivity contribution >= 4 is 27.7 Å². The third kappa shape index (κ3) is 3.36. The highest BCUT2D eigenvalue weighted by atomic mass is 79.9. The van der Waals surface area contributed by atoms with E-state index < -0.39 is 5.97 Å². The number of hydrogen-bond acceptors (Lipinski definition) is 3. The summed E-state index contributed by atoms with van der Waals surface area (Å²) in [6.45, 7) is 2.42. The maximum Gasteiger partial charge on any atom is 0.337 e. The van der Waals surface area contributed by atoms with Gasteiger partial charge in [0.15, 0.2) is 0 Å². The second kappa shape index (κ2) is 6.05. The van der Waals surface area contributed by atoms with Gasteiger partial charge in [0.2, 0.25) is 0 Å². The Balaban J connectivity index is 2.17. The molecule has 0 unspecified atom stereocenters. The van der Waals surface area contributed by atoms with Crippen molar-refractivity contribution < 1.29 is 9.90 Å². The van der Waals surface area contributed by atoms with Crippen LogP contribution in [0.3, 0.4) is 0 Å². The monoisotopic (exact) mass is 334 g/mol. The molecule has 0 aliphatic rings. The molecule has 5 heteroatoms. The fraction of sp³-hybridized carbons (Fsp3) is 0.200. The number of pyridine rings is 1. The van der Waals surface area contributed by atoms with E-state index >= 15 is 0 Å². The first kappa shape index (κ1) is 14.5. The van der Waals surface area contributed by atoms with Crippen molar-refractivity contribution in [1.29, 1.82) is 0 Å². The van der Waals surface area contributed by atoms with Crippen LogP contribution < -0.4 is 4.90 Å². The lowest BCUT2D eigenvalue weighted by atomic mass is 10.2. The van der Waals surface area contributed by atoms with E-state index in [9.17, 15) is 4.79 Å². The van der Waals surface area contributed by atoms with E-state index in [4.69, 9.17) is 5.11 Å². The van der Waals surface area contributed by atoms with E-state index in [1.54, 1.807) is 19.1 Å². The number of carbonyl (C=O) groups is 1. The number of rotatable bonds is 4. The molecule has 0 amide bonds. The molecule has 0 aliphatic heterocycles. The van der Waals surface area contributed by atoms with Crippen molar-refractivity contribution in [3.8, 4) is 0 Å². The number of nitrogens with zero attached hydrogens (tertiary/aromatic N) is 2. The van der Waals surface area contributed by atoms with Gasteiger partial charge in [-0.25, -0.2) is 9.78 Å². The van der Waals surface area contributed by atoms with Crippen molar-refractivity contribution in [3.05, 3.63) is 57.7 Å². The summed E-state index contributed by atoms with van der Waals surface area (Å²) in [4.78, 5) is 17.3. The van der Waals surface area contributed by atoms with Gasteiger partial charge in [0, 0.05) is 18.1 Å². The summed E-state index contributed by atoms with van der Waals surface area (Å²) in [5.41, 5.74) is 1.93. The number of aromatic carboxylic acids is 1. The van der Waals surface area contributed by atoms with Gasteiger partial charge in [-0.1, -0.05) is 28.1 Å². The first-order chi connectivity index (χ1) is 9.47. The van der Waals surface area contributed by atoms with Gasteiger partial charge in [-0.3, -0.25) is 0 Å². The third-order valence-electron chi connectivity index (χ3n) is 3.03. The molecule has 0 saturated carbocycles. The van der Waals surface area contributed by atoms with Crippen LogP contribution in [0.2, 0.25) is 0 Å². The number of hydrogen-bond donors (Lipinski definition) is 1. The zero-order chi connectivity index (χ0) is 14.7. The van der Waals surface area contributed by atoms with Gasteiger partial charge in [0.25, 0.3) is 0 Å². The summed E-state index contributed by atoms with van der Waals surface area (Å²) in [5, 5.41) is 9.00. The molecule has 20 heavy (non-hydrogen) atoms. The molecule has 0 aliphatic carbocycles. The highest BCUT2D eigenvalue weighted by Gasteiger charge is 2.10. The zero-order valence-corrected chi connectivity index (χ0v) is 12.9. The van der Waals surface area contributed by atoms with Crippen molar-refractivity contribution in [2.75, 3.05) is 11.9 Å². The van der Waals surface area contributed by atoms with Gasteiger partial charge >= 0.3 is 5.97 Å². The third-order valence-corrected chi connectivity index (χ3v) is 3.55. The Hall–Kier alpha value is -1.88. The van der Waals surface area contributed by atoms with Crippen molar-refractivity contribution in [2.45, 2.75) is 13.5 Å². The lowest BCUT2D eigenvalue weighted by molar-refractivity contribution is 0.0695. The summed E-state index contributed by atoms with van der Waals surface area (Å²) in [5.74, 6) is -0.187. The van der Waals surface area contributed by atoms with E-state index in [1.165, 1.54) is 0 Å². The standard InChI is InChI=1S/C15H15BrN2O2/c1-10-13(15(19)20)7-8-14(17-10)18(2)9-11-3-5-12(16)6-4-11/h3-8H,9H2,1-2H3,(H,19,20). The molecule has 0 atom stereocenters. The number of aryl methyl sites for hydroxylation is 1. The Kier molecular flexibility index (Phi) is 4.39. The first-order valence-corrected chi connectivity index (χ1v) is 6.93. The Labute approximate surface area is 126 Å². The molecule has 2 rings (SSSR count). The van der Waals surface area contributed by atoms with Gasteiger partial charge in [0.05, 0.1) is 11.3 Å². The quantitative estimate of drug-likeness (QED) is 0.929. The van der Waals surface area contributed by atoms with Crippen LogP contribution in [0.15, 0.2) is 40.9 Å². The van der Waals surface area contributed by atoms with Gasteiger partial charge < -0.3 is 10.0 Å². The second-order valence-electron chi connectivity index (χ2n) is 4.59. The summed E-state index contributed by atoms with van der Waals surface area (Å²) in [6.07, 6.45) is 0. The molecule has 1 N–H and O–H groups in total. The largest absolute Gasteiger partial charge is 0.478 e. The lowest BCUT2D eigenvalue weighted by Gasteiger charge is -2.19. The van der Waals surface area contributed by atoms with Crippen molar-refractivity contribution in [1.82, 2.24) is 4.98 Å². The average Bonchev–Trinajstić information content (AvgIpc) is 2.40. The van der Waals surface area contributed by atoms with Gasteiger partial charge in [0.1, 0.15) is 5.82 Å². The van der Waals surface area contributed by atoms with Crippen LogP contribution in [0.1, 0.15) is 21.6 Å². The molecule has 0 saturated heterocycles. The topological polar surface area (TPSA) is 53.4 Å². The molecular weight excluding hydrogens is 320 g/mol. The Morgan fingerprint density at radius 1 is 1.25 bits per heavy atom. The van der Waals surface area contributed by atoms with E-state index in [1.807, 2.05) is 36.2 Å². The molecule has 0 fully saturated rings. The zero-order valence-electron chi connectivity index (χ0n) is 11.3. The SMILES string of the molecule is Cc1nc(N(C)Cc2ccc(Br)cc2)ccc1C(=O)O. The summed E-state index contributed by atoms with van der Waals surface area (Å²) in [6, 6.07) is 11.4. The number of anilines is 1. The minimum absolute atomic E-state index is 0.241. The molecule has 1 aromatic carbocycles. The smallest absolute Gasteiger partial charge is 0.337 e. The molecule has 4 nitrogen and oxygen atoms in total. The van der Waals surface area contributed by atoms with Gasteiger partial charge in [-0.05, 0) is 36.8 Å². The van der Waals surface area contributed by atoms with Crippen molar-refractivity contribution in [2.24, 2.45) is 0 Å². The number of benzene rings is 1. The number of carboxylic acid groups (broad SMARTS) is 1. The molecule has 0 bridgehead atoms. The lowest BCUT2D eigenvalue weighted by Crippen LogP contribution is -2.18. The van der Waals surface area contributed by atoms with E-state index in [2.05, 4.69) is 20.9 Å². The van der Waals surface area contributed by atoms with Crippen LogP contribution in [-0.2, 0) is 6.54 Å². The van der Waals surface area contributed by atoms with Crippen molar-refractivity contribution in [3.63, 3.8) is 0 Å². The van der Waals surface area contributed by atoms with E-state index in [-0.39, 0.29) is 5.56 Å². The van der Waals surface area contributed by atoms with E-state index in [0.29, 0.717) is 12.2 Å². The normalized spacial score (nSPS) is 10.3. The molecule has 2 aromatic rings. The highest BCUT2D eigenvalue weighted by Crippen LogP contribution is 2.17. The van der Waals surface area contributed by atoms with Crippen LogP contribution in [-0.4, -0.2) is 23.1 Å². The van der Waals surface area contributed by atoms with E-state index in [0.717, 1.165) is 15.9 Å². The predicted octanol–water partition coefficient (Wildman–Crippen LogP) is 3.49. The maximum absolute atomic E-state index is 11.0. The molecule has 104 valence electrons. The maximum atomic E-state index is 11.0. The Bertz CT molecular complexity index is 626. The Morgan fingerprint density at radius 2 is 1.90 bits per heavy atom. The molecular formula is C15H15BrN2O2. The average molecular weight is 335 g/mol. The number of carboxylic acids is 1. The fourth-order valence-corrected chi connectivity index (χ4v) is 2.20. The minimum atomic E-state index is -0.947. The number of aromatic nitrogens is 1. The first-order valence-electron chi connectivity index (χ1n) is 6.14. The van der Waals surface area contributed by atoms with Crippen LogP contribution in [0.5, 0.6) is 0 Å². The highest BCUT2D eigenvalue weighted by molar-refractivity contribution is 9.10.